The lowest BCUT2D eigenvalue weighted by Gasteiger charge is -2.21. The summed E-state index contributed by atoms with van der Waals surface area (Å²) < 4.78 is 0. The smallest absolute Gasteiger partial charge is 0.244 e. The maximum Gasteiger partial charge on any atom is 0.244 e. The Morgan fingerprint density at radius 2 is 2.08 bits per heavy atom. The van der Waals surface area contributed by atoms with Gasteiger partial charge in [-0.15, -0.1) is 11.3 Å². The third-order valence-corrected chi connectivity index (χ3v) is 4.77. The minimum atomic E-state index is -0.319. The number of amides is 2. The Kier molecular flexibility index (Phi) is 7.23. The van der Waals surface area contributed by atoms with Crippen molar-refractivity contribution in [2.24, 2.45) is 0 Å². The molecule has 1 heterocycles. The van der Waals surface area contributed by atoms with E-state index in [9.17, 15) is 9.59 Å². The molecule has 25 heavy (non-hydrogen) atoms. The third kappa shape index (κ3) is 5.99. The molecule has 2 aromatic rings. The van der Waals surface area contributed by atoms with Gasteiger partial charge in [-0.3, -0.25) is 9.59 Å². The number of anilines is 1. The normalized spacial score (nSPS) is 10.6. The van der Waals surface area contributed by atoms with Crippen LogP contribution >= 0.6 is 34.5 Å². The molecule has 8 heteroatoms. The SMILES string of the molecule is CCCN(CC(=O)Nc1cc(Cl)ccc1Cl)C(=O)Cc1csc(C)n1. The molecule has 0 spiro atoms. The Balaban J connectivity index is 2.00. The first kappa shape index (κ1) is 19.7. The van der Waals surface area contributed by atoms with Crippen molar-refractivity contribution in [3.8, 4) is 0 Å². The number of carbonyl (C=O) groups excluding carboxylic acids is 2. The molecule has 0 saturated carbocycles. The molecule has 0 aliphatic carbocycles. The molecule has 0 radical (unpaired) electrons. The van der Waals surface area contributed by atoms with Crippen LogP contribution in [0.5, 0.6) is 0 Å². The largest absolute Gasteiger partial charge is 0.333 e. The zero-order valence-electron chi connectivity index (χ0n) is 14.0. The maximum atomic E-state index is 12.5. The molecule has 0 fully saturated rings. The standard InChI is InChI=1S/C17H19Cl2N3O2S/c1-3-6-22(17(24)8-13-10-25-11(2)20-13)9-16(23)21-15-7-12(18)4-5-14(15)19/h4-5,7,10H,3,6,8-9H2,1-2H3,(H,21,23). The zero-order chi connectivity index (χ0) is 18.4. The van der Waals surface area contributed by atoms with Crippen LogP contribution in [0.15, 0.2) is 23.6 Å². The van der Waals surface area contributed by atoms with E-state index in [0.717, 1.165) is 17.1 Å². The van der Waals surface area contributed by atoms with Gasteiger partial charge in [0.2, 0.25) is 11.8 Å². The highest BCUT2D eigenvalue weighted by atomic mass is 35.5. The van der Waals surface area contributed by atoms with Gasteiger partial charge in [-0.25, -0.2) is 4.98 Å². The van der Waals surface area contributed by atoms with Gasteiger partial charge < -0.3 is 10.2 Å². The van der Waals surface area contributed by atoms with E-state index in [4.69, 9.17) is 23.2 Å². The Morgan fingerprint density at radius 3 is 2.72 bits per heavy atom. The van der Waals surface area contributed by atoms with Crippen LogP contribution in [0.25, 0.3) is 0 Å². The topological polar surface area (TPSA) is 62.3 Å². The van der Waals surface area contributed by atoms with Crippen molar-refractivity contribution in [2.75, 3.05) is 18.4 Å². The summed E-state index contributed by atoms with van der Waals surface area (Å²) in [5.41, 5.74) is 1.16. The molecule has 0 aliphatic heterocycles. The summed E-state index contributed by atoms with van der Waals surface area (Å²) in [7, 11) is 0. The third-order valence-electron chi connectivity index (χ3n) is 3.38. The van der Waals surface area contributed by atoms with Crippen molar-refractivity contribution in [1.82, 2.24) is 9.88 Å². The number of thiazole rings is 1. The van der Waals surface area contributed by atoms with Gasteiger partial charge in [0, 0.05) is 16.9 Å². The predicted molar refractivity (Wildman–Crippen MR) is 103 cm³/mol. The van der Waals surface area contributed by atoms with Crippen LogP contribution < -0.4 is 5.32 Å². The molecule has 1 aromatic heterocycles. The van der Waals surface area contributed by atoms with Crippen molar-refractivity contribution in [1.29, 1.82) is 0 Å². The molecule has 134 valence electrons. The number of rotatable bonds is 7. The average Bonchev–Trinajstić information content (AvgIpc) is 2.95. The minimum absolute atomic E-state index is 0.0430. The van der Waals surface area contributed by atoms with Crippen molar-refractivity contribution in [2.45, 2.75) is 26.7 Å². The number of hydrogen-bond donors (Lipinski definition) is 1. The van der Waals surface area contributed by atoms with Gasteiger partial charge in [0.15, 0.2) is 0 Å². The Bertz CT molecular complexity index is 764. The molecular weight excluding hydrogens is 381 g/mol. The monoisotopic (exact) mass is 399 g/mol. The number of halogens is 2. The van der Waals surface area contributed by atoms with Gasteiger partial charge in [0.05, 0.1) is 34.4 Å². The number of benzene rings is 1. The Hall–Kier alpha value is -1.63. The average molecular weight is 400 g/mol. The van der Waals surface area contributed by atoms with E-state index in [0.29, 0.717) is 22.3 Å². The summed E-state index contributed by atoms with van der Waals surface area (Å²) in [6, 6.07) is 4.83. The number of aromatic nitrogens is 1. The van der Waals surface area contributed by atoms with Gasteiger partial charge in [-0.05, 0) is 31.5 Å². The summed E-state index contributed by atoms with van der Waals surface area (Å²) in [6.45, 7) is 4.31. The van der Waals surface area contributed by atoms with Gasteiger partial charge in [0.25, 0.3) is 0 Å². The molecule has 5 nitrogen and oxygen atoms in total. The van der Waals surface area contributed by atoms with Gasteiger partial charge >= 0.3 is 0 Å². The molecule has 2 rings (SSSR count). The molecule has 0 bridgehead atoms. The fraction of sp³-hybridized carbons (Fsp3) is 0.353. The number of hydrogen-bond acceptors (Lipinski definition) is 4. The highest BCUT2D eigenvalue weighted by molar-refractivity contribution is 7.09. The van der Waals surface area contributed by atoms with Crippen molar-refractivity contribution < 1.29 is 9.59 Å². The lowest BCUT2D eigenvalue weighted by atomic mass is 10.2. The predicted octanol–water partition coefficient (Wildman–Crippen LogP) is 4.18. The van der Waals surface area contributed by atoms with Crippen molar-refractivity contribution >= 4 is 52.0 Å². The maximum absolute atomic E-state index is 12.5. The minimum Gasteiger partial charge on any atom is -0.333 e. The Morgan fingerprint density at radius 1 is 1.32 bits per heavy atom. The summed E-state index contributed by atoms with van der Waals surface area (Å²) in [6.07, 6.45) is 0.947. The molecule has 0 aliphatic rings. The van der Waals surface area contributed by atoms with E-state index in [1.807, 2.05) is 19.2 Å². The van der Waals surface area contributed by atoms with E-state index in [1.54, 1.807) is 18.2 Å². The van der Waals surface area contributed by atoms with Crippen LogP contribution in [0.4, 0.5) is 5.69 Å². The quantitative estimate of drug-likeness (QED) is 0.759. The number of carbonyl (C=O) groups is 2. The molecule has 1 aromatic carbocycles. The van der Waals surface area contributed by atoms with E-state index in [1.165, 1.54) is 16.2 Å². The first-order valence-electron chi connectivity index (χ1n) is 7.82. The lowest BCUT2D eigenvalue weighted by molar-refractivity contribution is -0.134. The summed E-state index contributed by atoms with van der Waals surface area (Å²) in [4.78, 5) is 30.6. The second kappa shape index (κ2) is 9.17. The fourth-order valence-electron chi connectivity index (χ4n) is 2.27. The first-order chi connectivity index (χ1) is 11.9. The summed E-state index contributed by atoms with van der Waals surface area (Å²) in [5, 5.41) is 6.34. The van der Waals surface area contributed by atoms with Gasteiger partial charge in [-0.2, -0.15) is 0 Å². The number of nitrogens with one attached hydrogen (secondary N) is 1. The van der Waals surface area contributed by atoms with E-state index < -0.39 is 0 Å². The fourth-order valence-corrected chi connectivity index (χ4v) is 3.22. The van der Waals surface area contributed by atoms with Crippen molar-refractivity contribution in [3.05, 3.63) is 44.3 Å². The van der Waals surface area contributed by atoms with Crippen LogP contribution in [0, 0.1) is 6.92 Å². The van der Waals surface area contributed by atoms with E-state index >= 15 is 0 Å². The van der Waals surface area contributed by atoms with Crippen LogP contribution in [-0.4, -0.2) is 34.8 Å². The Labute approximate surface area is 161 Å². The van der Waals surface area contributed by atoms with Gasteiger partial charge in [-0.1, -0.05) is 30.1 Å². The zero-order valence-corrected chi connectivity index (χ0v) is 16.3. The lowest BCUT2D eigenvalue weighted by Crippen LogP contribution is -2.39. The number of nitrogens with zero attached hydrogens (tertiary/aromatic N) is 2. The van der Waals surface area contributed by atoms with E-state index in [-0.39, 0.29) is 24.8 Å². The van der Waals surface area contributed by atoms with E-state index in [2.05, 4.69) is 10.3 Å². The van der Waals surface area contributed by atoms with Crippen molar-refractivity contribution in [3.63, 3.8) is 0 Å². The molecular formula is C17H19Cl2N3O2S. The van der Waals surface area contributed by atoms with Gasteiger partial charge in [0.1, 0.15) is 0 Å². The number of aryl methyl sites for hydroxylation is 1. The van der Waals surface area contributed by atoms with Crippen LogP contribution in [0.3, 0.4) is 0 Å². The molecule has 0 unspecified atom stereocenters. The highest BCUT2D eigenvalue weighted by Gasteiger charge is 2.18. The first-order valence-corrected chi connectivity index (χ1v) is 9.46. The second-order valence-corrected chi connectivity index (χ2v) is 7.43. The molecule has 1 N–H and O–H groups in total. The summed E-state index contributed by atoms with van der Waals surface area (Å²) in [5.74, 6) is -0.445. The molecule has 0 saturated heterocycles. The molecule has 2 amide bonds. The summed E-state index contributed by atoms with van der Waals surface area (Å²) >= 11 is 13.5. The highest BCUT2D eigenvalue weighted by Crippen LogP contribution is 2.25. The van der Waals surface area contributed by atoms with Crippen LogP contribution in [0.2, 0.25) is 10.0 Å². The van der Waals surface area contributed by atoms with Crippen LogP contribution in [0.1, 0.15) is 24.0 Å². The molecule has 0 atom stereocenters. The van der Waals surface area contributed by atoms with Crippen LogP contribution in [-0.2, 0) is 16.0 Å². The second-order valence-electron chi connectivity index (χ2n) is 5.52.